The van der Waals surface area contributed by atoms with Crippen molar-refractivity contribution >= 4 is 17.4 Å². The maximum atomic E-state index is 6.16. The van der Waals surface area contributed by atoms with Gasteiger partial charge in [-0.25, -0.2) is 4.98 Å². The van der Waals surface area contributed by atoms with E-state index in [2.05, 4.69) is 24.1 Å². The van der Waals surface area contributed by atoms with Gasteiger partial charge in [0.2, 0.25) is 0 Å². The van der Waals surface area contributed by atoms with Crippen LogP contribution >= 0.6 is 11.6 Å². The number of nitrogens with one attached hydrogen (secondary N) is 1. The van der Waals surface area contributed by atoms with Crippen LogP contribution in [0.15, 0.2) is 12.1 Å². The quantitative estimate of drug-likeness (QED) is 0.859. The third-order valence-corrected chi connectivity index (χ3v) is 3.66. The summed E-state index contributed by atoms with van der Waals surface area (Å²) in [5, 5.41) is 3.85. The minimum absolute atomic E-state index is 0.474. The fraction of sp³-hybridized carbons (Fsp3) is 0.643. The summed E-state index contributed by atoms with van der Waals surface area (Å²) in [5.74, 6) is 1.91. The van der Waals surface area contributed by atoms with Crippen molar-refractivity contribution in [2.45, 2.75) is 39.3 Å². The number of halogens is 1. The van der Waals surface area contributed by atoms with Crippen molar-refractivity contribution in [3.63, 3.8) is 0 Å². The predicted molar refractivity (Wildman–Crippen MR) is 77.2 cm³/mol. The molecule has 1 aromatic rings. The van der Waals surface area contributed by atoms with Crippen LogP contribution in [0.25, 0.3) is 0 Å². The Hall–Kier alpha value is -0.800. The molecule has 0 aliphatic heterocycles. The minimum Gasteiger partial charge on any atom is -0.354 e. The van der Waals surface area contributed by atoms with Crippen LogP contribution in [0.3, 0.4) is 0 Å². The molecule has 0 atom stereocenters. The van der Waals surface area contributed by atoms with Crippen LogP contribution in [0.1, 0.15) is 32.4 Å². The van der Waals surface area contributed by atoms with Gasteiger partial charge < -0.3 is 10.2 Å². The Balaban J connectivity index is 2.20. The zero-order valence-electron chi connectivity index (χ0n) is 11.4. The molecule has 2 rings (SSSR count). The summed E-state index contributed by atoms with van der Waals surface area (Å²) in [6.07, 6.45) is 2.72. The maximum Gasteiger partial charge on any atom is 0.129 e. The molecule has 4 heteroatoms. The Kier molecular flexibility index (Phi) is 4.46. The molecular weight excluding hydrogens is 246 g/mol. The molecule has 3 nitrogen and oxygen atoms in total. The molecule has 1 saturated carbocycles. The molecular formula is C14H22ClN3. The van der Waals surface area contributed by atoms with Gasteiger partial charge in [-0.1, -0.05) is 11.6 Å². The fourth-order valence-electron chi connectivity index (χ4n) is 2.07. The van der Waals surface area contributed by atoms with Crippen molar-refractivity contribution in [2.24, 2.45) is 5.92 Å². The van der Waals surface area contributed by atoms with Crippen LogP contribution in [-0.2, 0) is 6.54 Å². The van der Waals surface area contributed by atoms with Gasteiger partial charge in [-0.05, 0) is 51.8 Å². The molecule has 0 bridgehead atoms. The van der Waals surface area contributed by atoms with Gasteiger partial charge in [-0.3, -0.25) is 0 Å². The van der Waals surface area contributed by atoms with Crippen LogP contribution in [0.5, 0.6) is 0 Å². The summed E-state index contributed by atoms with van der Waals surface area (Å²) in [6, 6.07) is 4.46. The monoisotopic (exact) mass is 267 g/mol. The van der Waals surface area contributed by atoms with E-state index in [1.807, 2.05) is 19.2 Å². The molecule has 1 aliphatic rings. The third kappa shape index (κ3) is 3.36. The molecule has 0 spiro atoms. The van der Waals surface area contributed by atoms with Gasteiger partial charge in [0.15, 0.2) is 0 Å². The Morgan fingerprint density at radius 3 is 2.72 bits per heavy atom. The average Bonchev–Trinajstić information content (AvgIpc) is 3.13. The SMILES string of the molecule is CNCc1nc(N(CC2CC2)C(C)C)ccc1Cl. The highest BCUT2D eigenvalue weighted by Gasteiger charge is 2.26. The van der Waals surface area contributed by atoms with Crippen molar-refractivity contribution < 1.29 is 0 Å². The molecule has 18 heavy (non-hydrogen) atoms. The van der Waals surface area contributed by atoms with Crippen LogP contribution in [0, 0.1) is 5.92 Å². The largest absolute Gasteiger partial charge is 0.354 e. The van der Waals surface area contributed by atoms with Gasteiger partial charge in [0, 0.05) is 19.1 Å². The number of nitrogens with zero attached hydrogens (tertiary/aromatic N) is 2. The first-order valence-electron chi connectivity index (χ1n) is 6.68. The smallest absolute Gasteiger partial charge is 0.129 e. The Bertz CT molecular complexity index is 402. The van der Waals surface area contributed by atoms with E-state index in [4.69, 9.17) is 16.6 Å². The lowest BCUT2D eigenvalue weighted by Gasteiger charge is -2.28. The van der Waals surface area contributed by atoms with Crippen molar-refractivity contribution in [1.29, 1.82) is 0 Å². The van der Waals surface area contributed by atoms with Gasteiger partial charge in [-0.15, -0.1) is 0 Å². The summed E-state index contributed by atoms with van der Waals surface area (Å²) in [4.78, 5) is 7.08. The molecule has 0 saturated heterocycles. The zero-order chi connectivity index (χ0) is 13.1. The first kappa shape index (κ1) is 13.6. The van der Waals surface area contributed by atoms with Crippen molar-refractivity contribution in [2.75, 3.05) is 18.5 Å². The molecule has 1 aliphatic carbocycles. The summed E-state index contributed by atoms with van der Waals surface area (Å²) >= 11 is 6.16. The molecule has 0 unspecified atom stereocenters. The zero-order valence-corrected chi connectivity index (χ0v) is 12.2. The second kappa shape index (κ2) is 5.89. The van der Waals surface area contributed by atoms with E-state index in [9.17, 15) is 0 Å². The highest BCUT2D eigenvalue weighted by molar-refractivity contribution is 6.31. The first-order chi connectivity index (χ1) is 8.61. The number of hydrogen-bond donors (Lipinski definition) is 1. The molecule has 1 aromatic heterocycles. The van der Waals surface area contributed by atoms with Crippen molar-refractivity contribution in [3.8, 4) is 0 Å². The van der Waals surface area contributed by atoms with Crippen LogP contribution < -0.4 is 10.2 Å². The van der Waals surface area contributed by atoms with Crippen LogP contribution in [0.4, 0.5) is 5.82 Å². The summed E-state index contributed by atoms with van der Waals surface area (Å²) in [6.45, 7) is 6.26. The fourth-order valence-corrected chi connectivity index (χ4v) is 2.24. The van der Waals surface area contributed by atoms with Gasteiger partial charge in [-0.2, -0.15) is 0 Å². The standard InChI is InChI=1S/C14H22ClN3/c1-10(2)18(9-11-4-5-11)14-7-6-12(15)13(17-14)8-16-3/h6-7,10-11,16H,4-5,8-9H2,1-3H3. The molecule has 0 aromatic carbocycles. The molecule has 100 valence electrons. The van der Waals surface area contributed by atoms with Crippen LogP contribution in [0.2, 0.25) is 5.02 Å². The molecule has 1 heterocycles. The normalized spacial score (nSPS) is 15.2. The summed E-state index contributed by atoms with van der Waals surface area (Å²) < 4.78 is 0. The number of hydrogen-bond acceptors (Lipinski definition) is 3. The van der Waals surface area contributed by atoms with E-state index in [-0.39, 0.29) is 0 Å². The number of pyridine rings is 1. The Morgan fingerprint density at radius 1 is 1.44 bits per heavy atom. The van der Waals surface area contributed by atoms with Crippen molar-refractivity contribution in [1.82, 2.24) is 10.3 Å². The maximum absolute atomic E-state index is 6.16. The lowest BCUT2D eigenvalue weighted by atomic mass is 10.2. The lowest BCUT2D eigenvalue weighted by molar-refractivity contribution is 0.634. The third-order valence-electron chi connectivity index (χ3n) is 3.32. The lowest BCUT2D eigenvalue weighted by Crippen LogP contribution is -2.33. The summed E-state index contributed by atoms with van der Waals surface area (Å²) in [7, 11) is 1.91. The Morgan fingerprint density at radius 2 is 2.17 bits per heavy atom. The van der Waals surface area contributed by atoms with Crippen LogP contribution in [-0.4, -0.2) is 24.6 Å². The highest BCUT2D eigenvalue weighted by atomic mass is 35.5. The topological polar surface area (TPSA) is 28.2 Å². The van der Waals surface area contributed by atoms with E-state index >= 15 is 0 Å². The molecule has 0 amide bonds. The average molecular weight is 268 g/mol. The van der Waals surface area contributed by atoms with E-state index < -0.39 is 0 Å². The van der Waals surface area contributed by atoms with Gasteiger partial charge in [0.25, 0.3) is 0 Å². The molecule has 0 radical (unpaired) electrons. The number of anilines is 1. The van der Waals surface area contributed by atoms with Gasteiger partial charge >= 0.3 is 0 Å². The van der Waals surface area contributed by atoms with E-state index in [1.54, 1.807) is 0 Å². The number of rotatable bonds is 6. The summed E-state index contributed by atoms with van der Waals surface area (Å²) in [5.41, 5.74) is 0.929. The number of aromatic nitrogens is 1. The Labute approximate surface area is 115 Å². The van der Waals surface area contributed by atoms with E-state index in [0.717, 1.165) is 29.0 Å². The molecule has 1 fully saturated rings. The van der Waals surface area contributed by atoms with Crippen molar-refractivity contribution in [3.05, 3.63) is 22.8 Å². The van der Waals surface area contributed by atoms with E-state index in [1.165, 1.54) is 12.8 Å². The van der Waals surface area contributed by atoms with E-state index in [0.29, 0.717) is 12.6 Å². The highest BCUT2D eigenvalue weighted by Crippen LogP contribution is 2.32. The second-order valence-corrected chi connectivity index (χ2v) is 5.72. The first-order valence-corrected chi connectivity index (χ1v) is 7.06. The van der Waals surface area contributed by atoms with Gasteiger partial charge in [0.1, 0.15) is 5.82 Å². The second-order valence-electron chi connectivity index (χ2n) is 5.32. The molecule has 1 N–H and O–H groups in total. The predicted octanol–water partition coefficient (Wildman–Crippen LogP) is 3.08. The minimum atomic E-state index is 0.474. The van der Waals surface area contributed by atoms with Gasteiger partial charge in [0.05, 0.1) is 10.7 Å².